The first kappa shape index (κ1) is 9.38. The predicted octanol–water partition coefficient (Wildman–Crippen LogP) is 0.0989. The van der Waals surface area contributed by atoms with Crippen molar-refractivity contribution in [3.8, 4) is 0 Å². The van der Waals surface area contributed by atoms with Crippen LogP contribution in [0.25, 0.3) is 0 Å². The molecular formula is C8H10N6O. The Kier molecular flexibility index (Phi) is 2.20. The summed E-state index contributed by atoms with van der Waals surface area (Å²) in [6, 6.07) is 0. The van der Waals surface area contributed by atoms with Crippen molar-refractivity contribution in [1.29, 1.82) is 0 Å². The van der Waals surface area contributed by atoms with E-state index in [1.807, 2.05) is 0 Å². The first-order valence-corrected chi connectivity index (χ1v) is 4.34. The fraction of sp³-hybridized carbons (Fsp3) is 0.250. The van der Waals surface area contributed by atoms with Gasteiger partial charge >= 0.3 is 0 Å². The van der Waals surface area contributed by atoms with Crippen LogP contribution >= 0.6 is 0 Å². The van der Waals surface area contributed by atoms with Gasteiger partial charge in [-0.1, -0.05) is 0 Å². The van der Waals surface area contributed by atoms with Gasteiger partial charge < -0.3 is 5.32 Å². The summed E-state index contributed by atoms with van der Waals surface area (Å²) in [6.45, 7) is 1.73. The van der Waals surface area contributed by atoms with Crippen LogP contribution in [0.2, 0.25) is 0 Å². The zero-order valence-corrected chi connectivity index (χ0v) is 8.35. The third-order valence-corrected chi connectivity index (χ3v) is 1.76. The lowest BCUT2D eigenvalue weighted by molar-refractivity contribution is 0.101. The second-order valence-corrected chi connectivity index (χ2v) is 3.10. The van der Waals surface area contributed by atoms with Gasteiger partial charge in [0.25, 0.3) is 5.91 Å². The molecule has 0 aromatic carbocycles. The molecule has 0 unspecified atom stereocenters. The Bertz CT molecular complexity index is 485. The maximum Gasteiger partial charge on any atom is 0.295 e. The number of rotatable bonds is 2. The number of carbonyl (C=O) groups excluding carboxylic acids is 1. The highest BCUT2D eigenvalue weighted by Crippen LogP contribution is 2.04. The molecule has 0 saturated heterocycles. The number of amides is 1. The molecule has 2 heterocycles. The van der Waals surface area contributed by atoms with Gasteiger partial charge in [0.1, 0.15) is 5.82 Å². The topological polar surface area (TPSA) is 88.5 Å². The lowest BCUT2D eigenvalue weighted by Crippen LogP contribution is -2.13. The molecule has 0 aliphatic heterocycles. The van der Waals surface area contributed by atoms with Gasteiger partial charge in [0.2, 0.25) is 5.82 Å². The number of H-pyrrole nitrogens is 1. The molecule has 0 saturated carbocycles. The number of anilines is 1. The molecule has 15 heavy (non-hydrogen) atoms. The van der Waals surface area contributed by atoms with Gasteiger partial charge in [0.05, 0.1) is 11.9 Å². The zero-order valence-electron chi connectivity index (χ0n) is 8.35. The highest BCUT2D eigenvalue weighted by molar-refractivity contribution is 6.01. The molecule has 0 aliphatic carbocycles. The fourth-order valence-corrected chi connectivity index (χ4v) is 1.12. The van der Waals surface area contributed by atoms with Crippen molar-refractivity contribution in [2.24, 2.45) is 7.05 Å². The quantitative estimate of drug-likeness (QED) is 0.729. The van der Waals surface area contributed by atoms with E-state index >= 15 is 0 Å². The Labute approximate surface area is 85.5 Å². The normalized spacial score (nSPS) is 10.3. The van der Waals surface area contributed by atoms with Crippen LogP contribution in [0.5, 0.6) is 0 Å². The average molecular weight is 206 g/mol. The molecule has 0 fully saturated rings. The maximum absolute atomic E-state index is 11.5. The number of nitrogens with zero attached hydrogens (tertiary/aromatic N) is 4. The van der Waals surface area contributed by atoms with E-state index in [4.69, 9.17) is 0 Å². The van der Waals surface area contributed by atoms with Crippen molar-refractivity contribution in [3.63, 3.8) is 0 Å². The standard InChI is InChI=1S/C8H10N6O/c1-5-10-7(13-12-5)8(15)11-6-3-9-14(2)4-6/h3-4H,1-2H3,(H,11,15)(H,10,12,13). The van der Waals surface area contributed by atoms with Crippen LogP contribution < -0.4 is 5.32 Å². The number of nitrogens with one attached hydrogen (secondary N) is 2. The number of aryl methyl sites for hydroxylation is 2. The molecule has 0 spiro atoms. The van der Waals surface area contributed by atoms with Gasteiger partial charge in [-0.3, -0.25) is 14.6 Å². The van der Waals surface area contributed by atoms with E-state index < -0.39 is 0 Å². The molecule has 0 radical (unpaired) electrons. The van der Waals surface area contributed by atoms with Crippen LogP contribution in [0, 0.1) is 6.92 Å². The molecule has 2 N–H and O–H groups in total. The summed E-state index contributed by atoms with van der Waals surface area (Å²) in [6.07, 6.45) is 3.24. The number of aromatic nitrogens is 5. The molecule has 2 rings (SSSR count). The van der Waals surface area contributed by atoms with Gasteiger partial charge in [-0.15, -0.1) is 5.10 Å². The van der Waals surface area contributed by atoms with E-state index in [1.54, 1.807) is 31.0 Å². The minimum absolute atomic E-state index is 0.122. The highest BCUT2D eigenvalue weighted by atomic mass is 16.2. The molecule has 7 nitrogen and oxygen atoms in total. The molecule has 0 aliphatic rings. The van der Waals surface area contributed by atoms with Crippen LogP contribution in [0.1, 0.15) is 16.4 Å². The summed E-state index contributed by atoms with van der Waals surface area (Å²) in [5.41, 5.74) is 0.616. The van der Waals surface area contributed by atoms with Crippen molar-refractivity contribution in [2.45, 2.75) is 6.92 Å². The van der Waals surface area contributed by atoms with E-state index in [1.165, 1.54) is 0 Å². The molecule has 2 aromatic rings. The van der Waals surface area contributed by atoms with Crippen LogP contribution in [0.4, 0.5) is 5.69 Å². The summed E-state index contributed by atoms with van der Waals surface area (Å²) < 4.78 is 1.60. The minimum atomic E-state index is -0.354. The summed E-state index contributed by atoms with van der Waals surface area (Å²) >= 11 is 0. The Morgan fingerprint density at radius 2 is 2.40 bits per heavy atom. The van der Waals surface area contributed by atoms with E-state index in [-0.39, 0.29) is 11.7 Å². The lowest BCUT2D eigenvalue weighted by Gasteiger charge is -1.96. The summed E-state index contributed by atoms with van der Waals surface area (Å²) in [4.78, 5) is 15.5. The fourth-order valence-electron chi connectivity index (χ4n) is 1.12. The summed E-state index contributed by atoms with van der Waals surface area (Å²) in [5.74, 6) is 0.370. The molecule has 1 amide bonds. The number of aromatic amines is 1. The predicted molar refractivity (Wildman–Crippen MR) is 52.3 cm³/mol. The van der Waals surface area contributed by atoms with E-state index in [9.17, 15) is 4.79 Å². The second kappa shape index (κ2) is 3.52. The van der Waals surface area contributed by atoms with Crippen molar-refractivity contribution >= 4 is 11.6 Å². The average Bonchev–Trinajstić information content (AvgIpc) is 2.75. The Balaban J connectivity index is 2.10. The largest absolute Gasteiger partial charge is 0.316 e. The third-order valence-electron chi connectivity index (χ3n) is 1.76. The van der Waals surface area contributed by atoms with Crippen LogP contribution in [-0.4, -0.2) is 30.9 Å². The van der Waals surface area contributed by atoms with E-state index in [0.29, 0.717) is 11.5 Å². The van der Waals surface area contributed by atoms with Gasteiger partial charge in [-0.25, -0.2) is 4.98 Å². The minimum Gasteiger partial charge on any atom is -0.316 e. The second-order valence-electron chi connectivity index (χ2n) is 3.10. The SMILES string of the molecule is Cc1nc(C(=O)Nc2cnn(C)c2)n[nH]1. The number of carbonyl (C=O) groups is 1. The number of hydrogen-bond acceptors (Lipinski definition) is 4. The van der Waals surface area contributed by atoms with E-state index in [0.717, 1.165) is 0 Å². The van der Waals surface area contributed by atoms with Crippen molar-refractivity contribution in [1.82, 2.24) is 25.0 Å². The Morgan fingerprint density at radius 1 is 1.60 bits per heavy atom. The van der Waals surface area contributed by atoms with Crippen LogP contribution in [0.15, 0.2) is 12.4 Å². The van der Waals surface area contributed by atoms with Gasteiger partial charge in [0.15, 0.2) is 0 Å². The first-order chi connectivity index (χ1) is 7.15. The van der Waals surface area contributed by atoms with Gasteiger partial charge in [-0.2, -0.15) is 5.10 Å². The number of hydrogen-bond donors (Lipinski definition) is 2. The van der Waals surface area contributed by atoms with Gasteiger partial charge in [0, 0.05) is 13.2 Å². The highest BCUT2D eigenvalue weighted by Gasteiger charge is 2.11. The Morgan fingerprint density at radius 3 is 2.93 bits per heavy atom. The molecule has 78 valence electrons. The van der Waals surface area contributed by atoms with Crippen LogP contribution in [-0.2, 0) is 7.05 Å². The third kappa shape index (κ3) is 2.01. The maximum atomic E-state index is 11.5. The van der Waals surface area contributed by atoms with E-state index in [2.05, 4.69) is 25.6 Å². The Hall–Kier alpha value is -2.18. The van der Waals surface area contributed by atoms with Crippen molar-refractivity contribution < 1.29 is 4.79 Å². The summed E-state index contributed by atoms with van der Waals surface area (Å²) in [7, 11) is 1.77. The summed E-state index contributed by atoms with van der Waals surface area (Å²) in [5, 5.41) is 12.9. The molecular weight excluding hydrogens is 196 g/mol. The zero-order chi connectivity index (χ0) is 10.8. The van der Waals surface area contributed by atoms with Crippen molar-refractivity contribution in [2.75, 3.05) is 5.32 Å². The van der Waals surface area contributed by atoms with Crippen LogP contribution in [0.3, 0.4) is 0 Å². The monoisotopic (exact) mass is 206 g/mol. The molecule has 0 bridgehead atoms. The first-order valence-electron chi connectivity index (χ1n) is 4.34. The molecule has 0 atom stereocenters. The molecule has 2 aromatic heterocycles. The lowest BCUT2D eigenvalue weighted by atomic mass is 10.5. The molecule has 7 heteroatoms. The smallest absolute Gasteiger partial charge is 0.295 e. The van der Waals surface area contributed by atoms with Crippen molar-refractivity contribution in [3.05, 3.63) is 24.0 Å². The van der Waals surface area contributed by atoms with Gasteiger partial charge in [-0.05, 0) is 6.92 Å².